The van der Waals surface area contributed by atoms with Gasteiger partial charge in [0.25, 0.3) is 0 Å². The molecule has 6 nitrogen and oxygen atoms in total. The van der Waals surface area contributed by atoms with E-state index in [-0.39, 0.29) is 29.8 Å². The SMILES string of the molecule is CCCN(C(=O)CCNS(=O)(=O)c1ccccc1)C1CCNCC1. The number of hydrogen-bond donors (Lipinski definition) is 2. The van der Waals surface area contributed by atoms with Gasteiger partial charge >= 0.3 is 0 Å². The summed E-state index contributed by atoms with van der Waals surface area (Å²) in [7, 11) is -3.55. The third kappa shape index (κ3) is 5.29. The topological polar surface area (TPSA) is 78.5 Å². The maximum atomic E-state index is 12.5. The van der Waals surface area contributed by atoms with Crippen LogP contribution in [0.5, 0.6) is 0 Å². The van der Waals surface area contributed by atoms with Gasteiger partial charge in [-0.05, 0) is 44.5 Å². The molecule has 0 unspecified atom stereocenters. The number of carbonyl (C=O) groups is 1. The number of amides is 1. The summed E-state index contributed by atoms with van der Waals surface area (Å²) in [6.45, 7) is 4.77. The molecular formula is C17H27N3O3S. The molecule has 0 radical (unpaired) electrons. The largest absolute Gasteiger partial charge is 0.340 e. The number of benzene rings is 1. The molecule has 1 fully saturated rings. The second kappa shape index (κ2) is 9.15. The van der Waals surface area contributed by atoms with Crippen LogP contribution in [0.2, 0.25) is 0 Å². The normalized spacial score (nSPS) is 16.0. The predicted octanol–water partition coefficient (Wildman–Crippen LogP) is 1.35. The van der Waals surface area contributed by atoms with E-state index < -0.39 is 10.0 Å². The fraction of sp³-hybridized carbons (Fsp3) is 0.588. The van der Waals surface area contributed by atoms with Crippen molar-refractivity contribution >= 4 is 15.9 Å². The maximum absolute atomic E-state index is 12.5. The molecule has 7 heteroatoms. The van der Waals surface area contributed by atoms with E-state index in [1.807, 2.05) is 4.90 Å². The average Bonchev–Trinajstić information content (AvgIpc) is 2.61. The van der Waals surface area contributed by atoms with Crippen molar-refractivity contribution in [1.82, 2.24) is 14.9 Å². The number of nitrogens with one attached hydrogen (secondary N) is 2. The predicted molar refractivity (Wildman–Crippen MR) is 94.1 cm³/mol. The van der Waals surface area contributed by atoms with Gasteiger partial charge in [-0.15, -0.1) is 0 Å². The van der Waals surface area contributed by atoms with Crippen molar-refractivity contribution in [3.05, 3.63) is 30.3 Å². The van der Waals surface area contributed by atoms with Crippen LogP contribution in [0.15, 0.2) is 35.2 Å². The zero-order valence-corrected chi connectivity index (χ0v) is 15.0. The van der Waals surface area contributed by atoms with E-state index in [0.717, 1.165) is 38.9 Å². The molecule has 0 aromatic heterocycles. The highest BCUT2D eigenvalue weighted by molar-refractivity contribution is 7.89. The number of carbonyl (C=O) groups excluding carboxylic acids is 1. The highest BCUT2D eigenvalue weighted by atomic mass is 32.2. The molecule has 1 amide bonds. The monoisotopic (exact) mass is 353 g/mol. The lowest BCUT2D eigenvalue weighted by molar-refractivity contribution is -0.133. The summed E-state index contributed by atoms with van der Waals surface area (Å²) >= 11 is 0. The lowest BCUT2D eigenvalue weighted by Gasteiger charge is -2.34. The lowest BCUT2D eigenvalue weighted by Crippen LogP contribution is -2.47. The van der Waals surface area contributed by atoms with E-state index in [1.54, 1.807) is 30.3 Å². The Balaban J connectivity index is 1.88. The standard InChI is InChI=1S/C17H27N3O3S/c1-2-14-20(15-8-11-18-12-9-15)17(21)10-13-19-24(22,23)16-6-4-3-5-7-16/h3-7,15,18-19H,2,8-14H2,1H3. The summed E-state index contributed by atoms with van der Waals surface area (Å²) in [5, 5.41) is 3.30. The number of sulfonamides is 1. The minimum absolute atomic E-state index is 0.0273. The third-order valence-electron chi connectivity index (χ3n) is 4.22. The van der Waals surface area contributed by atoms with Crippen molar-refractivity contribution in [2.24, 2.45) is 0 Å². The third-order valence-corrected chi connectivity index (χ3v) is 5.70. The molecule has 0 bridgehead atoms. The van der Waals surface area contributed by atoms with Crippen LogP contribution >= 0.6 is 0 Å². The van der Waals surface area contributed by atoms with Crippen LogP contribution in [0, 0.1) is 0 Å². The molecule has 1 aliphatic heterocycles. The lowest BCUT2D eigenvalue weighted by atomic mass is 10.0. The summed E-state index contributed by atoms with van der Waals surface area (Å²) in [5.41, 5.74) is 0. The second-order valence-corrected chi connectivity index (χ2v) is 7.80. The van der Waals surface area contributed by atoms with Gasteiger partial charge in [-0.2, -0.15) is 0 Å². The van der Waals surface area contributed by atoms with Gasteiger partial charge in [-0.25, -0.2) is 13.1 Å². The molecule has 1 aliphatic rings. The minimum Gasteiger partial charge on any atom is -0.340 e. The highest BCUT2D eigenvalue weighted by Gasteiger charge is 2.24. The van der Waals surface area contributed by atoms with Gasteiger partial charge in [-0.1, -0.05) is 25.1 Å². The Morgan fingerprint density at radius 3 is 2.54 bits per heavy atom. The molecule has 1 heterocycles. The summed E-state index contributed by atoms with van der Waals surface area (Å²) in [6, 6.07) is 8.49. The van der Waals surface area contributed by atoms with E-state index in [0.29, 0.717) is 0 Å². The summed E-state index contributed by atoms with van der Waals surface area (Å²) in [5.74, 6) is 0.0273. The quantitative estimate of drug-likeness (QED) is 0.739. The Morgan fingerprint density at radius 2 is 1.92 bits per heavy atom. The Kier molecular flexibility index (Phi) is 7.20. The Bertz CT molecular complexity index is 613. The molecule has 2 rings (SSSR count). The van der Waals surface area contributed by atoms with Crippen molar-refractivity contribution in [1.29, 1.82) is 0 Å². The number of rotatable bonds is 8. The highest BCUT2D eigenvalue weighted by Crippen LogP contribution is 2.14. The van der Waals surface area contributed by atoms with Crippen LogP contribution in [0.25, 0.3) is 0 Å². The van der Waals surface area contributed by atoms with Gasteiger partial charge in [0, 0.05) is 25.6 Å². The number of hydrogen-bond acceptors (Lipinski definition) is 4. The number of piperidine rings is 1. The van der Waals surface area contributed by atoms with Crippen LogP contribution in [-0.2, 0) is 14.8 Å². The molecule has 1 aromatic rings. The molecule has 0 saturated carbocycles. The van der Waals surface area contributed by atoms with Gasteiger partial charge in [-0.3, -0.25) is 4.79 Å². The Labute approximate surface area is 144 Å². The first kappa shape index (κ1) is 18.9. The van der Waals surface area contributed by atoms with Gasteiger partial charge in [0.15, 0.2) is 0 Å². The van der Waals surface area contributed by atoms with Gasteiger partial charge in [0.2, 0.25) is 15.9 Å². The summed E-state index contributed by atoms with van der Waals surface area (Å²) in [6.07, 6.45) is 3.02. The van der Waals surface area contributed by atoms with Crippen molar-refractivity contribution in [2.45, 2.75) is 43.5 Å². The van der Waals surface area contributed by atoms with Crippen molar-refractivity contribution < 1.29 is 13.2 Å². The van der Waals surface area contributed by atoms with Crippen molar-refractivity contribution in [3.8, 4) is 0 Å². The zero-order valence-electron chi connectivity index (χ0n) is 14.2. The molecule has 0 spiro atoms. The molecule has 2 N–H and O–H groups in total. The number of nitrogens with zero attached hydrogens (tertiary/aromatic N) is 1. The van der Waals surface area contributed by atoms with Crippen LogP contribution < -0.4 is 10.0 Å². The summed E-state index contributed by atoms with van der Waals surface area (Å²) < 4.78 is 26.9. The van der Waals surface area contributed by atoms with Crippen LogP contribution in [0.4, 0.5) is 0 Å². The molecule has 1 aromatic carbocycles. The zero-order chi connectivity index (χ0) is 17.4. The summed E-state index contributed by atoms with van der Waals surface area (Å²) in [4.78, 5) is 14.7. The van der Waals surface area contributed by atoms with E-state index >= 15 is 0 Å². The first-order chi connectivity index (χ1) is 11.5. The van der Waals surface area contributed by atoms with E-state index in [2.05, 4.69) is 17.0 Å². The fourth-order valence-electron chi connectivity index (χ4n) is 2.99. The van der Waals surface area contributed by atoms with E-state index in [9.17, 15) is 13.2 Å². The molecule has 0 atom stereocenters. The average molecular weight is 353 g/mol. The second-order valence-electron chi connectivity index (χ2n) is 6.03. The molecule has 0 aliphatic carbocycles. The molecule has 1 saturated heterocycles. The van der Waals surface area contributed by atoms with E-state index in [1.165, 1.54) is 0 Å². The maximum Gasteiger partial charge on any atom is 0.240 e. The van der Waals surface area contributed by atoms with Crippen LogP contribution in [0.3, 0.4) is 0 Å². The van der Waals surface area contributed by atoms with Crippen LogP contribution in [0.1, 0.15) is 32.6 Å². The fourth-order valence-corrected chi connectivity index (χ4v) is 4.04. The Hall–Kier alpha value is -1.44. The minimum atomic E-state index is -3.55. The van der Waals surface area contributed by atoms with Crippen molar-refractivity contribution in [2.75, 3.05) is 26.2 Å². The van der Waals surface area contributed by atoms with Gasteiger partial charge in [0.05, 0.1) is 4.90 Å². The molecular weight excluding hydrogens is 326 g/mol. The van der Waals surface area contributed by atoms with E-state index in [4.69, 9.17) is 0 Å². The first-order valence-electron chi connectivity index (χ1n) is 8.59. The van der Waals surface area contributed by atoms with Crippen molar-refractivity contribution in [3.63, 3.8) is 0 Å². The molecule has 24 heavy (non-hydrogen) atoms. The Morgan fingerprint density at radius 1 is 1.25 bits per heavy atom. The molecule has 134 valence electrons. The van der Waals surface area contributed by atoms with Crippen LogP contribution in [-0.4, -0.2) is 51.4 Å². The first-order valence-corrected chi connectivity index (χ1v) is 10.1. The van der Waals surface area contributed by atoms with Gasteiger partial charge < -0.3 is 10.2 Å². The van der Waals surface area contributed by atoms with Gasteiger partial charge in [0.1, 0.15) is 0 Å². The smallest absolute Gasteiger partial charge is 0.240 e.